The van der Waals surface area contributed by atoms with Crippen molar-refractivity contribution < 1.29 is 0 Å². The zero-order chi connectivity index (χ0) is 6.57. The van der Waals surface area contributed by atoms with E-state index in [2.05, 4.69) is 38.9 Å². The molecule has 0 amide bonds. The van der Waals surface area contributed by atoms with Gasteiger partial charge >= 0.3 is 0 Å². The van der Waals surface area contributed by atoms with Gasteiger partial charge in [-0.2, -0.15) is 0 Å². The van der Waals surface area contributed by atoms with Crippen molar-refractivity contribution in [1.29, 1.82) is 0 Å². The molecule has 0 rings (SSSR count). The van der Waals surface area contributed by atoms with Crippen LogP contribution in [-0.2, 0) is 0 Å². The lowest BCUT2D eigenvalue weighted by Gasteiger charge is -2.03. The van der Waals surface area contributed by atoms with Crippen molar-refractivity contribution in [2.24, 2.45) is 0 Å². The maximum absolute atomic E-state index is 2.21. The highest BCUT2D eigenvalue weighted by atomic mass is 15.0. The number of hydrogen-bond donors (Lipinski definition) is 0. The van der Waals surface area contributed by atoms with E-state index in [1.54, 1.807) is 0 Å². The Kier molecular flexibility index (Phi) is 3.53. The second-order valence-corrected chi connectivity index (χ2v) is 2.54. The number of allylic oxidation sites excluding steroid dienone is 1. The Hall–Kier alpha value is -0.300. The SMILES string of the molecule is CC(C)=CCN(C)C. The normalized spacial score (nSPS) is 9.62. The van der Waals surface area contributed by atoms with Crippen molar-refractivity contribution >= 4 is 0 Å². The minimum absolute atomic E-state index is 1.06. The number of rotatable bonds is 2. The molecule has 1 heteroatoms. The molecule has 0 bridgehead atoms. The van der Waals surface area contributed by atoms with Crippen LogP contribution in [0.15, 0.2) is 11.6 Å². The standard InChI is InChI=1S/C7H15N/c1-7(2)5-6-8(3)4/h5H,6H2,1-4H3. The van der Waals surface area contributed by atoms with Crippen molar-refractivity contribution in [1.82, 2.24) is 4.90 Å². The molecule has 0 N–H and O–H groups in total. The van der Waals surface area contributed by atoms with E-state index in [1.807, 2.05) is 0 Å². The van der Waals surface area contributed by atoms with Crippen LogP contribution in [0, 0.1) is 0 Å². The summed E-state index contributed by atoms with van der Waals surface area (Å²) in [6, 6.07) is 0. The lowest BCUT2D eigenvalue weighted by Crippen LogP contribution is -2.10. The molecule has 48 valence electrons. The van der Waals surface area contributed by atoms with Gasteiger partial charge in [0.1, 0.15) is 0 Å². The van der Waals surface area contributed by atoms with Crippen LogP contribution in [0.3, 0.4) is 0 Å². The van der Waals surface area contributed by atoms with Crippen molar-refractivity contribution in [2.45, 2.75) is 13.8 Å². The van der Waals surface area contributed by atoms with Gasteiger partial charge in [0.25, 0.3) is 0 Å². The molecule has 0 atom stereocenters. The predicted octanol–water partition coefficient (Wildman–Crippen LogP) is 1.51. The highest BCUT2D eigenvalue weighted by Gasteiger charge is 1.81. The Bertz CT molecular complexity index is 78.4. The lowest BCUT2D eigenvalue weighted by molar-refractivity contribution is 0.455. The summed E-state index contributed by atoms with van der Waals surface area (Å²) in [7, 11) is 4.14. The molecular formula is C7H15N. The van der Waals surface area contributed by atoms with Crippen molar-refractivity contribution in [3.63, 3.8) is 0 Å². The summed E-state index contributed by atoms with van der Waals surface area (Å²) in [5.74, 6) is 0. The van der Waals surface area contributed by atoms with Gasteiger partial charge in [-0.15, -0.1) is 0 Å². The Labute approximate surface area is 52.0 Å². The third kappa shape index (κ3) is 5.70. The van der Waals surface area contributed by atoms with Gasteiger partial charge in [0, 0.05) is 6.54 Å². The van der Waals surface area contributed by atoms with E-state index in [0.29, 0.717) is 0 Å². The first kappa shape index (κ1) is 7.70. The monoisotopic (exact) mass is 113 g/mol. The molecule has 0 saturated heterocycles. The lowest BCUT2D eigenvalue weighted by atomic mass is 10.3. The van der Waals surface area contributed by atoms with Gasteiger partial charge in [-0.25, -0.2) is 0 Å². The summed E-state index contributed by atoms with van der Waals surface area (Å²) >= 11 is 0. The summed E-state index contributed by atoms with van der Waals surface area (Å²) in [6.07, 6.45) is 2.21. The fourth-order valence-electron chi connectivity index (χ4n) is 0.365. The van der Waals surface area contributed by atoms with Gasteiger partial charge in [-0.3, -0.25) is 0 Å². The smallest absolute Gasteiger partial charge is 0.0159 e. The van der Waals surface area contributed by atoms with Crippen molar-refractivity contribution in [3.05, 3.63) is 11.6 Å². The molecule has 0 aliphatic heterocycles. The highest BCUT2D eigenvalue weighted by molar-refractivity contribution is 4.94. The van der Waals surface area contributed by atoms with Gasteiger partial charge in [0.05, 0.1) is 0 Å². The van der Waals surface area contributed by atoms with E-state index in [9.17, 15) is 0 Å². The summed E-state index contributed by atoms with van der Waals surface area (Å²) in [5.41, 5.74) is 1.39. The fourth-order valence-corrected chi connectivity index (χ4v) is 0.365. The molecule has 0 fully saturated rings. The zero-order valence-corrected chi connectivity index (χ0v) is 6.23. The van der Waals surface area contributed by atoms with Crippen LogP contribution in [-0.4, -0.2) is 25.5 Å². The Morgan fingerprint density at radius 3 is 2.00 bits per heavy atom. The second kappa shape index (κ2) is 3.67. The minimum atomic E-state index is 1.06. The molecular weight excluding hydrogens is 98.1 g/mol. The molecule has 8 heavy (non-hydrogen) atoms. The van der Waals surface area contributed by atoms with E-state index >= 15 is 0 Å². The molecule has 0 saturated carbocycles. The molecule has 0 aromatic carbocycles. The van der Waals surface area contributed by atoms with E-state index in [4.69, 9.17) is 0 Å². The van der Waals surface area contributed by atoms with E-state index in [1.165, 1.54) is 5.57 Å². The molecule has 0 aromatic heterocycles. The van der Waals surface area contributed by atoms with Crippen LogP contribution in [0.4, 0.5) is 0 Å². The fraction of sp³-hybridized carbons (Fsp3) is 0.714. The molecule has 0 aliphatic rings. The van der Waals surface area contributed by atoms with Crippen LogP contribution in [0.25, 0.3) is 0 Å². The molecule has 0 unspecified atom stereocenters. The average Bonchev–Trinajstić information content (AvgIpc) is 1.61. The summed E-state index contributed by atoms with van der Waals surface area (Å²) in [5, 5.41) is 0. The molecule has 0 radical (unpaired) electrons. The van der Waals surface area contributed by atoms with E-state index in [-0.39, 0.29) is 0 Å². The summed E-state index contributed by atoms with van der Waals surface area (Å²) in [4.78, 5) is 2.15. The van der Waals surface area contributed by atoms with Crippen LogP contribution < -0.4 is 0 Å². The topological polar surface area (TPSA) is 3.24 Å². The van der Waals surface area contributed by atoms with Crippen molar-refractivity contribution in [2.75, 3.05) is 20.6 Å². The first-order chi connectivity index (χ1) is 3.63. The van der Waals surface area contributed by atoms with Crippen LogP contribution in [0.5, 0.6) is 0 Å². The highest BCUT2D eigenvalue weighted by Crippen LogP contribution is 1.87. The second-order valence-electron chi connectivity index (χ2n) is 2.54. The quantitative estimate of drug-likeness (QED) is 0.491. The molecule has 0 heterocycles. The molecule has 1 nitrogen and oxygen atoms in total. The first-order valence-corrected chi connectivity index (χ1v) is 2.91. The van der Waals surface area contributed by atoms with E-state index < -0.39 is 0 Å². The molecule has 0 aromatic rings. The number of likely N-dealkylation sites (N-methyl/N-ethyl adjacent to an activating group) is 1. The van der Waals surface area contributed by atoms with Gasteiger partial charge in [0.15, 0.2) is 0 Å². The third-order valence-corrected chi connectivity index (χ3v) is 0.865. The first-order valence-electron chi connectivity index (χ1n) is 2.91. The number of hydrogen-bond acceptors (Lipinski definition) is 1. The van der Waals surface area contributed by atoms with Crippen molar-refractivity contribution in [3.8, 4) is 0 Å². The Balaban J connectivity index is 3.29. The minimum Gasteiger partial charge on any atom is -0.306 e. The molecule has 0 aliphatic carbocycles. The third-order valence-electron chi connectivity index (χ3n) is 0.865. The molecule has 0 spiro atoms. The summed E-state index contributed by atoms with van der Waals surface area (Å²) in [6.45, 7) is 5.29. The zero-order valence-electron chi connectivity index (χ0n) is 6.23. The maximum Gasteiger partial charge on any atom is 0.0159 e. The number of nitrogens with zero attached hydrogens (tertiary/aromatic N) is 1. The largest absolute Gasteiger partial charge is 0.306 e. The summed E-state index contributed by atoms with van der Waals surface area (Å²) < 4.78 is 0. The van der Waals surface area contributed by atoms with E-state index in [0.717, 1.165) is 6.54 Å². The van der Waals surface area contributed by atoms with Gasteiger partial charge in [0.2, 0.25) is 0 Å². The van der Waals surface area contributed by atoms with Crippen LogP contribution in [0.2, 0.25) is 0 Å². The Morgan fingerprint density at radius 1 is 1.38 bits per heavy atom. The predicted molar refractivity (Wildman–Crippen MR) is 38.0 cm³/mol. The van der Waals surface area contributed by atoms with Gasteiger partial charge in [-0.05, 0) is 27.9 Å². The van der Waals surface area contributed by atoms with Crippen LogP contribution >= 0.6 is 0 Å². The van der Waals surface area contributed by atoms with Gasteiger partial charge < -0.3 is 4.90 Å². The Morgan fingerprint density at radius 2 is 1.88 bits per heavy atom. The average molecular weight is 113 g/mol. The van der Waals surface area contributed by atoms with Gasteiger partial charge in [-0.1, -0.05) is 11.6 Å². The maximum atomic E-state index is 2.21. The van der Waals surface area contributed by atoms with Crippen LogP contribution in [0.1, 0.15) is 13.8 Å².